The predicted octanol–water partition coefficient (Wildman–Crippen LogP) is 3.50. The van der Waals surface area contributed by atoms with Gasteiger partial charge in [-0.1, -0.05) is 27.7 Å². The summed E-state index contributed by atoms with van der Waals surface area (Å²) in [6.07, 6.45) is 2.55. The largest absolute Gasteiger partial charge is 0.478 e. The Balaban J connectivity index is 2.81. The van der Waals surface area contributed by atoms with Gasteiger partial charge in [0.15, 0.2) is 5.88 Å². The summed E-state index contributed by atoms with van der Waals surface area (Å²) in [4.78, 5) is 12.7. The zero-order valence-electron chi connectivity index (χ0n) is 12.1. The zero-order valence-corrected chi connectivity index (χ0v) is 12.1. The van der Waals surface area contributed by atoms with E-state index in [0.717, 1.165) is 25.0 Å². The van der Waals surface area contributed by atoms with Crippen LogP contribution in [0.4, 0.5) is 5.88 Å². The molecule has 0 fully saturated rings. The van der Waals surface area contributed by atoms with Crippen LogP contribution in [0, 0.1) is 11.8 Å². The lowest BCUT2D eigenvalue weighted by atomic mass is 10.1. The third-order valence-electron chi connectivity index (χ3n) is 2.49. The molecule has 0 spiro atoms. The Kier molecular flexibility index (Phi) is 5.67. The quantitative estimate of drug-likeness (QED) is 0.767. The third kappa shape index (κ3) is 5.64. The summed E-state index contributed by atoms with van der Waals surface area (Å²) in [7, 11) is 0. The van der Waals surface area contributed by atoms with E-state index in [9.17, 15) is 4.79 Å². The van der Waals surface area contributed by atoms with E-state index >= 15 is 0 Å². The minimum atomic E-state index is -0.973. The average Bonchev–Trinajstić information content (AvgIpc) is 2.72. The molecule has 106 valence electrons. The fourth-order valence-corrected chi connectivity index (χ4v) is 1.89. The van der Waals surface area contributed by atoms with E-state index in [4.69, 9.17) is 9.52 Å². The first-order valence-corrected chi connectivity index (χ1v) is 6.64. The van der Waals surface area contributed by atoms with Crippen molar-refractivity contribution in [2.45, 2.75) is 27.7 Å². The van der Waals surface area contributed by atoms with Gasteiger partial charge < -0.3 is 14.4 Å². The SMILES string of the molecule is CC(C)CN(CC(C)C)c1ccc(/C=C/C(=O)O)o1. The molecule has 1 rings (SSSR count). The van der Waals surface area contributed by atoms with Crippen molar-refractivity contribution in [3.05, 3.63) is 24.0 Å². The number of carboxylic acid groups (broad SMARTS) is 1. The third-order valence-corrected chi connectivity index (χ3v) is 2.49. The Bertz CT molecular complexity index is 422. The number of anilines is 1. The van der Waals surface area contributed by atoms with Crippen molar-refractivity contribution in [1.29, 1.82) is 0 Å². The van der Waals surface area contributed by atoms with Gasteiger partial charge in [0.1, 0.15) is 5.76 Å². The van der Waals surface area contributed by atoms with E-state index in [-0.39, 0.29) is 0 Å². The fourth-order valence-electron chi connectivity index (χ4n) is 1.89. The first-order valence-electron chi connectivity index (χ1n) is 6.64. The van der Waals surface area contributed by atoms with E-state index in [1.165, 1.54) is 6.08 Å². The van der Waals surface area contributed by atoms with Gasteiger partial charge in [-0.2, -0.15) is 0 Å². The Labute approximate surface area is 114 Å². The van der Waals surface area contributed by atoms with Gasteiger partial charge in [-0.15, -0.1) is 0 Å². The second-order valence-electron chi connectivity index (χ2n) is 5.54. The molecule has 0 aliphatic heterocycles. The lowest BCUT2D eigenvalue weighted by molar-refractivity contribution is -0.131. The molecule has 19 heavy (non-hydrogen) atoms. The lowest BCUT2D eigenvalue weighted by Gasteiger charge is -2.25. The van der Waals surface area contributed by atoms with Crippen LogP contribution in [-0.4, -0.2) is 24.2 Å². The number of hydrogen-bond donors (Lipinski definition) is 1. The highest BCUT2D eigenvalue weighted by molar-refractivity contribution is 5.84. The summed E-state index contributed by atoms with van der Waals surface area (Å²) in [5.74, 6) is 1.48. The molecule has 0 amide bonds. The molecule has 0 unspecified atom stereocenters. The van der Waals surface area contributed by atoms with E-state index in [0.29, 0.717) is 17.6 Å². The second-order valence-corrected chi connectivity index (χ2v) is 5.54. The van der Waals surface area contributed by atoms with Crippen molar-refractivity contribution in [1.82, 2.24) is 0 Å². The maximum atomic E-state index is 10.5. The minimum absolute atomic E-state index is 0.543. The summed E-state index contributed by atoms with van der Waals surface area (Å²) < 4.78 is 5.67. The average molecular weight is 265 g/mol. The molecule has 0 bridgehead atoms. The summed E-state index contributed by atoms with van der Waals surface area (Å²) in [5, 5.41) is 8.59. The Morgan fingerprint density at radius 1 is 1.26 bits per heavy atom. The van der Waals surface area contributed by atoms with Gasteiger partial charge in [0.2, 0.25) is 0 Å². The van der Waals surface area contributed by atoms with E-state index in [1.807, 2.05) is 6.07 Å². The second kappa shape index (κ2) is 7.02. The Morgan fingerprint density at radius 3 is 2.32 bits per heavy atom. The van der Waals surface area contributed by atoms with E-state index in [2.05, 4.69) is 32.6 Å². The summed E-state index contributed by atoms with van der Waals surface area (Å²) >= 11 is 0. The van der Waals surface area contributed by atoms with Crippen molar-refractivity contribution >= 4 is 17.9 Å². The normalized spacial score (nSPS) is 11.7. The highest BCUT2D eigenvalue weighted by atomic mass is 16.4. The highest BCUT2D eigenvalue weighted by Gasteiger charge is 2.13. The summed E-state index contributed by atoms with van der Waals surface area (Å²) in [6, 6.07) is 3.69. The van der Waals surface area contributed by atoms with Crippen LogP contribution in [0.5, 0.6) is 0 Å². The number of furan rings is 1. The van der Waals surface area contributed by atoms with Gasteiger partial charge >= 0.3 is 5.97 Å². The number of aliphatic carboxylic acids is 1. The Morgan fingerprint density at radius 2 is 1.84 bits per heavy atom. The van der Waals surface area contributed by atoms with Crippen molar-refractivity contribution in [2.24, 2.45) is 11.8 Å². The molecule has 1 aromatic rings. The predicted molar refractivity (Wildman–Crippen MR) is 77.3 cm³/mol. The summed E-state index contributed by atoms with van der Waals surface area (Å²) in [6.45, 7) is 10.5. The van der Waals surface area contributed by atoms with Crippen LogP contribution in [0.15, 0.2) is 22.6 Å². The molecule has 1 heterocycles. The number of carboxylic acids is 1. The zero-order chi connectivity index (χ0) is 14.4. The maximum absolute atomic E-state index is 10.5. The molecular weight excluding hydrogens is 242 g/mol. The molecule has 0 radical (unpaired) electrons. The molecule has 0 aliphatic rings. The minimum Gasteiger partial charge on any atom is -0.478 e. The van der Waals surface area contributed by atoms with Gasteiger partial charge in [0, 0.05) is 25.2 Å². The highest BCUT2D eigenvalue weighted by Crippen LogP contribution is 2.21. The van der Waals surface area contributed by atoms with Crippen LogP contribution in [-0.2, 0) is 4.79 Å². The number of hydrogen-bond acceptors (Lipinski definition) is 3. The molecular formula is C15H23NO3. The molecule has 0 aromatic carbocycles. The molecule has 1 N–H and O–H groups in total. The van der Waals surface area contributed by atoms with Crippen molar-refractivity contribution in [2.75, 3.05) is 18.0 Å². The topological polar surface area (TPSA) is 53.7 Å². The van der Waals surface area contributed by atoms with Gasteiger partial charge in [-0.05, 0) is 24.0 Å². The van der Waals surface area contributed by atoms with Crippen molar-refractivity contribution < 1.29 is 14.3 Å². The first kappa shape index (κ1) is 15.3. The smallest absolute Gasteiger partial charge is 0.328 e. The number of carbonyl (C=O) groups is 1. The maximum Gasteiger partial charge on any atom is 0.328 e. The van der Waals surface area contributed by atoms with Crippen LogP contribution >= 0.6 is 0 Å². The van der Waals surface area contributed by atoms with Gasteiger partial charge in [0.25, 0.3) is 0 Å². The number of nitrogens with zero attached hydrogens (tertiary/aromatic N) is 1. The molecule has 0 aliphatic carbocycles. The van der Waals surface area contributed by atoms with Crippen molar-refractivity contribution in [3.8, 4) is 0 Å². The van der Waals surface area contributed by atoms with Crippen LogP contribution in [0.3, 0.4) is 0 Å². The van der Waals surface area contributed by atoms with Gasteiger partial charge in [-0.25, -0.2) is 4.79 Å². The van der Waals surface area contributed by atoms with Gasteiger partial charge in [-0.3, -0.25) is 0 Å². The van der Waals surface area contributed by atoms with Gasteiger partial charge in [0.05, 0.1) is 0 Å². The Hall–Kier alpha value is -1.71. The standard InChI is InChI=1S/C15H23NO3/c1-11(2)9-16(10-12(3)4)14-7-5-13(19-14)6-8-15(17)18/h5-8,11-12H,9-10H2,1-4H3,(H,17,18)/b8-6+. The number of rotatable bonds is 7. The van der Waals surface area contributed by atoms with Crippen LogP contribution in [0.2, 0.25) is 0 Å². The van der Waals surface area contributed by atoms with Crippen LogP contribution in [0.25, 0.3) is 6.08 Å². The van der Waals surface area contributed by atoms with E-state index in [1.54, 1.807) is 6.07 Å². The van der Waals surface area contributed by atoms with E-state index < -0.39 is 5.97 Å². The molecule has 0 atom stereocenters. The molecule has 4 heteroatoms. The molecule has 0 saturated heterocycles. The summed E-state index contributed by atoms with van der Waals surface area (Å²) in [5.41, 5.74) is 0. The molecule has 4 nitrogen and oxygen atoms in total. The van der Waals surface area contributed by atoms with Crippen LogP contribution in [0.1, 0.15) is 33.5 Å². The monoisotopic (exact) mass is 265 g/mol. The molecule has 1 aromatic heterocycles. The first-order chi connectivity index (χ1) is 8.88. The lowest BCUT2D eigenvalue weighted by Crippen LogP contribution is -2.30. The van der Waals surface area contributed by atoms with Crippen LogP contribution < -0.4 is 4.90 Å². The molecule has 0 saturated carbocycles. The van der Waals surface area contributed by atoms with Crippen molar-refractivity contribution in [3.63, 3.8) is 0 Å². The fraction of sp³-hybridized carbons (Fsp3) is 0.533.